The zero-order valence-electron chi connectivity index (χ0n) is 11.4. The van der Waals surface area contributed by atoms with Gasteiger partial charge in [0.15, 0.2) is 0 Å². The van der Waals surface area contributed by atoms with Crippen molar-refractivity contribution in [2.45, 2.75) is 24.2 Å². The quantitative estimate of drug-likeness (QED) is 0.930. The first-order chi connectivity index (χ1) is 9.68. The predicted molar refractivity (Wildman–Crippen MR) is 80.0 cm³/mol. The molecule has 1 saturated heterocycles. The van der Waals surface area contributed by atoms with Crippen LogP contribution in [0.3, 0.4) is 0 Å². The van der Waals surface area contributed by atoms with Crippen molar-refractivity contribution in [1.29, 1.82) is 0 Å². The van der Waals surface area contributed by atoms with E-state index in [0.717, 1.165) is 19.5 Å². The molecule has 20 heavy (non-hydrogen) atoms. The zero-order chi connectivity index (χ0) is 14.0. The molecule has 1 aliphatic carbocycles. The van der Waals surface area contributed by atoms with Crippen LogP contribution in [0.4, 0.5) is 0 Å². The molecule has 106 valence electrons. The normalized spacial score (nSPS) is 23.3. The van der Waals surface area contributed by atoms with E-state index < -0.39 is 9.84 Å². The number of allylic oxidation sites excluding steroid dienone is 3. The number of nitrogens with one attached hydrogen (secondary N) is 1. The summed E-state index contributed by atoms with van der Waals surface area (Å²) in [7, 11) is -3.31. The van der Waals surface area contributed by atoms with Gasteiger partial charge in [-0.2, -0.15) is 0 Å². The van der Waals surface area contributed by atoms with Crippen LogP contribution < -0.4 is 5.32 Å². The largest absolute Gasteiger partial charge is 0.316 e. The molecular weight excluding hydrogens is 270 g/mol. The van der Waals surface area contributed by atoms with Gasteiger partial charge in [-0.15, -0.1) is 0 Å². The third-order valence-electron chi connectivity index (χ3n) is 4.13. The highest BCUT2D eigenvalue weighted by atomic mass is 32.2. The molecule has 1 fully saturated rings. The van der Waals surface area contributed by atoms with E-state index in [0.29, 0.717) is 22.1 Å². The van der Waals surface area contributed by atoms with Crippen LogP contribution in [0, 0.1) is 5.92 Å². The van der Waals surface area contributed by atoms with Crippen molar-refractivity contribution in [1.82, 2.24) is 5.32 Å². The molecule has 0 bridgehead atoms. The lowest BCUT2D eigenvalue weighted by molar-refractivity contribution is 0.596. The Morgan fingerprint density at radius 2 is 1.85 bits per heavy atom. The van der Waals surface area contributed by atoms with Gasteiger partial charge in [0.1, 0.15) is 0 Å². The fraction of sp³-hybridized carbons (Fsp3) is 0.375. The van der Waals surface area contributed by atoms with Crippen molar-refractivity contribution >= 4 is 9.84 Å². The number of rotatable bonds is 3. The van der Waals surface area contributed by atoms with E-state index in [-0.39, 0.29) is 0 Å². The summed E-state index contributed by atoms with van der Waals surface area (Å²) in [5, 5.41) is 3.36. The van der Waals surface area contributed by atoms with E-state index in [1.165, 1.54) is 12.0 Å². The van der Waals surface area contributed by atoms with Crippen LogP contribution >= 0.6 is 0 Å². The molecule has 1 N–H and O–H groups in total. The summed E-state index contributed by atoms with van der Waals surface area (Å²) in [6.45, 7) is 2.10. The Bertz CT molecular complexity index is 638. The molecule has 3 nitrogen and oxygen atoms in total. The Labute approximate surface area is 120 Å². The highest BCUT2D eigenvalue weighted by Crippen LogP contribution is 2.32. The fourth-order valence-corrected chi connectivity index (χ4v) is 4.36. The predicted octanol–water partition coefficient (Wildman–Crippen LogP) is 2.67. The monoisotopic (exact) mass is 289 g/mol. The maximum absolute atomic E-state index is 12.5. The molecule has 1 aromatic carbocycles. The Balaban J connectivity index is 1.85. The molecule has 3 rings (SSSR count). The van der Waals surface area contributed by atoms with Gasteiger partial charge < -0.3 is 5.32 Å². The summed E-state index contributed by atoms with van der Waals surface area (Å²) < 4.78 is 25.0. The summed E-state index contributed by atoms with van der Waals surface area (Å²) in [6.07, 6.45) is 6.49. The molecule has 0 aromatic heterocycles. The second-order valence-corrected chi connectivity index (χ2v) is 7.38. The third-order valence-corrected chi connectivity index (χ3v) is 6.05. The molecule has 0 radical (unpaired) electrons. The first kappa shape index (κ1) is 13.6. The van der Waals surface area contributed by atoms with Gasteiger partial charge >= 0.3 is 0 Å². The zero-order valence-corrected chi connectivity index (χ0v) is 12.2. The number of hydrogen-bond acceptors (Lipinski definition) is 3. The molecule has 1 atom stereocenters. The third kappa shape index (κ3) is 2.58. The maximum atomic E-state index is 12.5. The van der Waals surface area contributed by atoms with Gasteiger partial charge in [-0.1, -0.05) is 29.8 Å². The van der Waals surface area contributed by atoms with Crippen molar-refractivity contribution in [3.8, 4) is 0 Å². The summed E-state index contributed by atoms with van der Waals surface area (Å²) >= 11 is 0. The average Bonchev–Trinajstić information content (AvgIpc) is 3.02. The van der Waals surface area contributed by atoms with Crippen LogP contribution in [-0.2, 0) is 9.84 Å². The Morgan fingerprint density at radius 3 is 2.45 bits per heavy atom. The minimum Gasteiger partial charge on any atom is -0.316 e. The molecule has 1 heterocycles. The Kier molecular flexibility index (Phi) is 3.76. The van der Waals surface area contributed by atoms with Crippen LogP contribution in [0.5, 0.6) is 0 Å². The van der Waals surface area contributed by atoms with Crippen LogP contribution in [0.1, 0.15) is 19.3 Å². The van der Waals surface area contributed by atoms with Gasteiger partial charge in [0.2, 0.25) is 9.84 Å². The van der Waals surface area contributed by atoms with Crippen molar-refractivity contribution in [2.75, 3.05) is 13.1 Å². The molecule has 1 aromatic rings. The van der Waals surface area contributed by atoms with Crippen LogP contribution in [0.2, 0.25) is 0 Å². The Morgan fingerprint density at radius 1 is 1.05 bits per heavy atom. The highest BCUT2D eigenvalue weighted by molar-refractivity contribution is 7.95. The topological polar surface area (TPSA) is 46.2 Å². The van der Waals surface area contributed by atoms with Crippen molar-refractivity contribution in [3.63, 3.8) is 0 Å². The number of benzene rings is 1. The second-order valence-electron chi connectivity index (χ2n) is 5.38. The molecule has 0 amide bonds. The van der Waals surface area contributed by atoms with Gasteiger partial charge in [-0.3, -0.25) is 0 Å². The molecule has 4 heteroatoms. The van der Waals surface area contributed by atoms with Crippen molar-refractivity contribution in [3.05, 3.63) is 53.0 Å². The standard InChI is InChI=1S/C16H19NO2S/c18-20(19,15-4-2-1-3-5-15)16-8-6-13(7-9-16)14-10-11-17-12-14/h1-6,8,14,17H,7,9-12H2. The SMILES string of the molecule is O=S(=O)(C1=CC=C(C2CCNC2)CC1)c1ccccc1. The fourth-order valence-electron chi connectivity index (χ4n) is 2.92. The van der Waals surface area contributed by atoms with E-state index in [1.54, 1.807) is 30.3 Å². The van der Waals surface area contributed by atoms with Gasteiger partial charge in [-0.25, -0.2) is 8.42 Å². The summed E-state index contributed by atoms with van der Waals surface area (Å²) in [5.41, 5.74) is 1.39. The summed E-state index contributed by atoms with van der Waals surface area (Å²) in [5.74, 6) is 0.590. The minimum atomic E-state index is -3.31. The van der Waals surface area contributed by atoms with E-state index in [1.807, 2.05) is 12.1 Å². The number of sulfone groups is 1. The second kappa shape index (κ2) is 5.54. The molecular formula is C16H19NO2S. The van der Waals surface area contributed by atoms with E-state index in [9.17, 15) is 8.42 Å². The van der Waals surface area contributed by atoms with Gasteiger partial charge in [-0.05, 0) is 49.9 Å². The maximum Gasteiger partial charge on any atom is 0.202 e. The molecule has 1 unspecified atom stereocenters. The summed E-state index contributed by atoms with van der Waals surface area (Å²) in [4.78, 5) is 0.934. The van der Waals surface area contributed by atoms with Gasteiger partial charge in [0.25, 0.3) is 0 Å². The lowest BCUT2D eigenvalue weighted by Gasteiger charge is -2.19. The van der Waals surface area contributed by atoms with Crippen molar-refractivity contribution in [2.24, 2.45) is 5.92 Å². The highest BCUT2D eigenvalue weighted by Gasteiger charge is 2.25. The van der Waals surface area contributed by atoms with Crippen LogP contribution in [-0.4, -0.2) is 21.5 Å². The van der Waals surface area contributed by atoms with Gasteiger partial charge in [0, 0.05) is 11.4 Å². The molecule has 0 spiro atoms. The van der Waals surface area contributed by atoms with Gasteiger partial charge in [0.05, 0.1) is 4.90 Å². The first-order valence-electron chi connectivity index (χ1n) is 7.08. The smallest absolute Gasteiger partial charge is 0.202 e. The van der Waals surface area contributed by atoms with E-state index >= 15 is 0 Å². The van der Waals surface area contributed by atoms with E-state index in [4.69, 9.17) is 0 Å². The Hall–Kier alpha value is -1.39. The molecule has 2 aliphatic rings. The minimum absolute atomic E-state index is 0.394. The molecule has 0 saturated carbocycles. The first-order valence-corrected chi connectivity index (χ1v) is 8.57. The van der Waals surface area contributed by atoms with Crippen molar-refractivity contribution < 1.29 is 8.42 Å². The molecule has 1 aliphatic heterocycles. The average molecular weight is 289 g/mol. The number of hydrogen-bond donors (Lipinski definition) is 1. The van der Waals surface area contributed by atoms with Crippen LogP contribution in [0.25, 0.3) is 0 Å². The lowest BCUT2D eigenvalue weighted by atomic mass is 9.91. The van der Waals surface area contributed by atoms with Crippen LogP contribution in [0.15, 0.2) is 57.9 Å². The summed E-state index contributed by atoms with van der Waals surface area (Å²) in [6, 6.07) is 8.69. The van der Waals surface area contributed by atoms with E-state index in [2.05, 4.69) is 5.32 Å². The lowest BCUT2D eigenvalue weighted by Crippen LogP contribution is -2.13.